The molecule has 2 aromatic rings. The van der Waals surface area contributed by atoms with Crippen molar-refractivity contribution in [3.8, 4) is 5.75 Å². The molecule has 6 heteroatoms. The van der Waals surface area contributed by atoms with Crippen LogP contribution in [0.2, 0.25) is 0 Å². The van der Waals surface area contributed by atoms with Crippen molar-refractivity contribution >= 4 is 11.3 Å². The van der Waals surface area contributed by atoms with E-state index in [1.54, 1.807) is 0 Å². The van der Waals surface area contributed by atoms with Crippen molar-refractivity contribution in [3.05, 3.63) is 52.2 Å². The van der Waals surface area contributed by atoms with E-state index >= 15 is 0 Å². The Morgan fingerprint density at radius 1 is 1.16 bits per heavy atom. The standard InChI is InChI=1S/C13H11F3O2S/c14-13(15,16)18-11-3-1-10(2-4-11)12(17)7-9-5-6-19-8-9/h1-6,8,12,17H,7H2. The molecule has 2 rings (SSSR count). The van der Waals surface area contributed by atoms with Crippen LogP contribution in [0.4, 0.5) is 13.2 Å². The van der Waals surface area contributed by atoms with Gasteiger partial charge in [-0.3, -0.25) is 0 Å². The van der Waals surface area contributed by atoms with Gasteiger partial charge in [-0.05, 0) is 40.1 Å². The van der Waals surface area contributed by atoms with Crippen LogP contribution in [0.5, 0.6) is 5.75 Å². The van der Waals surface area contributed by atoms with Gasteiger partial charge in [-0.15, -0.1) is 13.2 Å². The van der Waals surface area contributed by atoms with Crippen molar-refractivity contribution in [2.24, 2.45) is 0 Å². The van der Waals surface area contributed by atoms with E-state index in [0.717, 1.165) is 5.56 Å². The van der Waals surface area contributed by atoms with E-state index in [4.69, 9.17) is 0 Å². The molecule has 0 bridgehead atoms. The molecule has 1 unspecified atom stereocenters. The molecule has 0 aliphatic heterocycles. The molecule has 1 aromatic heterocycles. The molecule has 0 amide bonds. The summed E-state index contributed by atoms with van der Waals surface area (Å²) in [5.74, 6) is -0.293. The molecule has 0 saturated carbocycles. The van der Waals surface area contributed by atoms with Crippen LogP contribution in [0.3, 0.4) is 0 Å². The van der Waals surface area contributed by atoms with Crippen LogP contribution in [0.1, 0.15) is 17.2 Å². The van der Waals surface area contributed by atoms with Gasteiger partial charge >= 0.3 is 6.36 Å². The molecule has 0 fully saturated rings. The maximum Gasteiger partial charge on any atom is 0.573 e. The average molecular weight is 288 g/mol. The Morgan fingerprint density at radius 3 is 2.37 bits per heavy atom. The molecule has 2 nitrogen and oxygen atoms in total. The second-order valence-corrected chi connectivity index (χ2v) is 4.75. The third-order valence-corrected chi connectivity index (χ3v) is 3.24. The zero-order valence-corrected chi connectivity index (χ0v) is 10.5. The predicted molar refractivity (Wildman–Crippen MR) is 66.1 cm³/mol. The Balaban J connectivity index is 2.01. The largest absolute Gasteiger partial charge is 0.573 e. The lowest BCUT2D eigenvalue weighted by Gasteiger charge is -2.12. The van der Waals surface area contributed by atoms with E-state index in [0.29, 0.717) is 12.0 Å². The quantitative estimate of drug-likeness (QED) is 0.924. The Hall–Kier alpha value is -1.53. The fraction of sp³-hybridized carbons (Fsp3) is 0.231. The van der Waals surface area contributed by atoms with Gasteiger partial charge < -0.3 is 9.84 Å². The van der Waals surface area contributed by atoms with Gasteiger partial charge in [-0.2, -0.15) is 11.3 Å². The minimum absolute atomic E-state index is 0.293. The third kappa shape index (κ3) is 4.25. The van der Waals surface area contributed by atoms with Crippen LogP contribution < -0.4 is 4.74 Å². The number of hydrogen-bond donors (Lipinski definition) is 1. The predicted octanol–water partition coefficient (Wildman–Crippen LogP) is 3.92. The number of benzene rings is 1. The molecule has 1 aromatic carbocycles. The summed E-state index contributed by atoms with van der Waals surface area (Å²) in [5, 5.41) is 13.8. The first kappa shape index (κ1) is 13.9. The second kappa shape index (κ2) is 5.63. The van der Waals surface area contributed by atoms with E-state index in [-0.39, 0.29) is 5.75 Å². The molecular weight excluding hydrogens is 277 g/mol. The number of hydrogen-bond acceptors (Lipinski definition) is 3. The van der Waals surface area contributed by atoms with Gasteiger partial charge in [0.2, 0.25) is 0 Å². The highest BCUT2D eigenvalue weighted by atomic mass is 32.1. The number of aliphatic hydroxyl groups is 1. The lowest BCUT2D eigenvalue weighted by molar-refractivity contribution is -0.274. The first-order valence-electron chi connectivity index (χ1n) is 5.49. The molecular formula is C13H11F3O2S. The molecule has 0 spiro atoms. The van der Waals surface area contributed by atoms with Crippen LogP contribution in [0, 0.1) is 0 Å². The molecule has 1 atom stereocenters. The summed E-state index contributed by atoms with van der Waals surface area (Å²) in [7, 11) is 0. The molecule has 102 valence electrons. The maximum absolute atomic E-state index is 12.0. The first-order chi connectivity index (χ1) is 8.94. The normalized spacial score (nSPS) is 13.3. The van der Waals surface area contributed by atoms with E-state index in [1.165, 1.54) is 35.6 Å². The lowest BCUT2D eigenvalue weighted by Crippen LogP contribution is -2.17. The average Bonchev–Trinajstić information content (AvgIpc) is 2.80. The number of thiophene rings is 1. The zero-order valence-electron chi connectivity index (χ0n) is 9.72. The van der Waals surface area contributed by atoms with Crippen LogP contribution in [-0.4, -0.2) is 11.5 Å². The molecule has 1 heterocycles. The zero-order chi connectivity index (χ0) is 13.9. The van der Waals surface area contributed by atoms with Gasteiger partial charge in [0.15, 0.2) is 0 Å². The molecule has 0 saturated heterocycles. The van der Waals surface area contributed by atoms with Gasteiger partial charge in [-0.25, -0.2) is 0 Å². The number of aliphatic hydroxyl groups excluding tert-OH is 1. The Morgan fingerprint density at radius 2 is 1.84 bits per heavy atom. The summed E-state index contributed by atoms with van der Waals surface area (Å²) in [6.45, 7) is 0. The van der Waals surface area contributed by atoms with Crippen molar-refractivity contribution in [1.29, 1.82) is 0 Å². The Labute approximate surface area is 112 Å². The SMILES string of the molecule is OC(Cc1ccsc1)c1ccc(OC(F)(F)F)cc1. The summed E-state index contributed by atoms with van der Waals surface area (Å²) in [6.07, 6.45) is -5.01. The monoisotopic (exact) mass is 288 g/mol. The highest BCUT2D eigenvalue weighted by Gasteiger charge is 2.31. The van der Waals surface area contributed by atoms with Crippen LogP contribution in [-0.2, 0) is 6.42 Å². The van der Waals surface area contributed by atoms with Crippen molar-refractivity contribution in [1.82, 2.24) is 0 Å². The van der Waals surface area contributed by atoms with Crippen LogP contribution >= 0.6 is 11.3 Å². The van der Waals surface area contributed by atoms with Gasteiger partial charge in [0, 0.05) is 6.42 Å². The van der Waals surface area contributed by atoms with E-state index in [2.05, 4.69) is 4.74 Å². The number of rotatable bonds is 4. The lowest BCUT2D eigenvalue weighted by atomic mass is 10.0. The van der Waals surface area contributed by atoms with Gasteiger partial charge in [0.25, 0.3) is 0 Å². The van der Waals surface area contributed by atoms with Gasteiger partial charge in [0.05, 0.1) is 6.10 Å². The molecule has 19 heavy (non-hydrogen) atoms. The maximum atomic E-state index is 12.0. The fourth-order valence-electron chi connectivity index (χ4n) is 1.64. The number of halogens is 3. The molecule has 1 N–H and O–H groups in total. The van der Waals surface area contributed by atoms with Crippen molar-refractivity contribution in [3.63, 3.8) is 0 Å². The second-order valence-electron chi connectivity index (χ2n) is 3.97. The summed E-state index contributed by atoms with van der Waals surface area (Å²) in [6, 6.07) is 7.14. The minimum Gasteiger partial charge on any atom is -0.406 e. The smallest absolute Gasteiger partial charge is 0.406 e. The molecule has 0 radical (unpaired) electrons. The Kier molecular flexibility index (Phi) is 4.11. The molecule has 0 aliphatic carbocycles. The minimum atomic E-state index is -4.70. The van der Waals surface area contributed by atoms with E-state index in [9.17, 15) is 18.3 Å². The highest BCUT2D eigenvalue weighted by Crippen LogP contribution is 2.25. The summed E-state index contributed by atoms with van der Waals surface area (Å²) < 4.78 is 39.7. The van der Waals surface area contributed by atoms with Gasteiger partial charge in [-0.1, -0.05) is 12.1 Å². The first-order valence-corrected chi connectivity index (χ1v) is 6.43. The highest BCUT2D eigenvalue weighted by molar-refractivity contribution is 7.07. The Bertz CT molecular complexity index is 506. The van der Waals surface area contributed by atoms with Crippen LogP contribution in [0.25, 0.3) is 0 Å². The topological polar surface area (TPSA) is 29.5 Å². The summed E-state index contributed by atoms with van der Waals surface area (Å²) in [5.41, 5.74) is 1.55. The fourth-order valence-corrected chi connectivity index (χ4v) is 2.32. The van der Waals surface area contributed by atoms with Crippen molar-refractivity contribution < 1.29 is 23.0 Å². The number of ether oxygens (including phenoxy) is 1. The van der Waals surface area contributed by atoms with Crippen molar-refractivity contribution in [2.75, 3.05) is 0 Å². The van der Waals surface area contributed by atoms with Crippen molar-refractivity contribution in [2.45, 2.75) is 18.9 Å². The van der Waals surface area contributed by atoms with E-state index < -0.39 is 12.5 Å². The summed E-state index contributed by atoms with van der Waals surface area (Å²) in [4.78, 5) is 0. The molecule has 0 aliphatic rings. The third-order valence-electron chi connectivity index (χ3n) is 2.51. The van der Waals surface area contributed by atoms with Gasteiger partial charge in [0.1, 0.15) is 5.75 Å². The number of alkyl halides is 3. The van der Waals surface area contributed by atoms with Crippen LogP contribution in [0.15, 0.2) is 41.1 Å². The summed E-state index contributed by atoms with van der Waals surface area (Å²) >= 11 is 1.53. The van der Waals surface area contributed by atoms with E-state index in [1.807, 2.05) is 16.8 Å².